The number of fused-ring (bicyclic) bond motifs is 2. The number of halogens is 1. The Balaban J connectivity index is 1.87. The zero-order valence-electron chi connectivity index (χ0n) is 22.3. The number of benzene rings is 1. The van der Waals surface area contributed by atoms with E-state index < -0.39 is 18.1 Å². The Bertz CT molecular complexity index is 1430. The van der Waals surface area contributed by atoms with Gasteiger partial charge in [0, 0.05) is 44.7 Å². The Labute approximate surface area is 232 Å². The minimum absolute atomic E-state index is 0.120. The maximum absolute atomic E-state index is 13.5. The van der Waals surface area contributed by atoms with Gasteiger partial charge in [0.15, 0.2) is 0 Å². The van der Waals surface area contributed by atoms with Crippen molar-refractivity contribution >= 4 is 40.9 Å². The molecule has 2 aromatic rings. The molecule has 3 atom stereocenters. The molecule has 0 aliphatic heterocycles. The largest absolute Gasteiger partial charge is 0.498 e. The van der Waals surface area contributed by atoms with Gasteiger partial charge in [0.2, 0.25) is 11.3 Å². The van der Waals surface area contributed by atoms with Gasteiger partial charge in [0.1, 0.15) is 18.0 Å². The van der Waals surface area contributed by atoms with Crippen LogP contribution in [0, 0.1) is 0 Å². The molecule has 1 N–H and O–H groups in total. The topological polar surface area (TPSA) is 103 Å². The van der Waals surface area contributed by atoms with Crippen molar-refractivity contribution in [2.45, 2.75) is 43.8 Å². The molecule has 0 radical (unpaired) electrons. The van der Waals surface area contributed by atoms with Gasteiger partial charge >= 0.3 is 0 Å². The van der Waals surface area contributed by atoms with Gasteiger partial charge in [-0.25, -0.2) is 4.99 Å². The molecule has 0 saturated carbocycles. The molecular formula is C30H31ClN2O6. The highest BCUT2D eigenvalue weighted by Crippen LogP contribution is 2.43. The first-order chi connectivity index (χ1) is 18.8. The summed E-state index contributed by atoms with van der Waals surface area (Å²) in [4.78, 5) is 42.2. The SMILES string of the molecule is COC1=CC2=C(c3ccc(NC(=O)c4cccc(CCl)c4)c(=O)cc3C(C=NC(C)=O)CC2)C(OC)C1OC. The van der Waals surface area contributed by atoms with E-state index in [1.165, 1.54) is 13.0 Å². The number of amides is 2. The van der Waals surface area contributed by atoms with Gasteiger partial charge in [-0.3, -0.25) is 14.4 Å². The lowest BCUT2D eigenvalue weighted by atomic mass is 9.85. The molecule has 4 rings (SSSR count). The van der Waals surface area contributed by atoms with Gasteiger partial charge in [-0.2, -0.15) is 0 Å². The maximum atomic E-state index is 13.5. The number of rotatable bonds is 7. The quantitative estimate of drug-likeness (QED) is 0.390. The fourth-order valence-corrected chi connectivity index (χ4v) is 5.27. The number of hydrogen-bond donors (Lipinski definition) is 1. The van der Waals surface area contributed by atoms with Gasteiger partial charge in [-0.05, 0) is 71.0 Å². The zero-order valence-corrected chi connectivity index (χ0v) is 23.1. The van der Waals surface area contributed by atoms with Crippen molar-refractivity contribution in [1.82, 2.24) is 0 Å². The lowest BCUT2D eigenvalue weighted by Gasteiger charge is -2.33. The van der Waals surface area contributed by atoms with Crippen LogP contribution >= 0.6 is 11.6 Å². The van der Waals surface area contributed by atoms with E-state index >= 15 is 0 Å². The second-order valence-electron chi connectivity index (χ2n) is 9.36. The smallest absolute Gasteiger partial charge is 0.255 e. The van der Waals surface area contributed by atoms with Crippen LogP contribution in [0.4, 0.5) is 5.69 Å². The van der Waals surface area contributed by atoms with Crippen LogP contribution in [0.25, 0.3) is 5.57 Å². The number of allylic oxidation sites excluding steroid dienone is 2. The van der Waals surface area contributed by atoms with Crippen molar-refractivity contribution in [3.05, 3.63) is 92.3 Å². The summed E-state index contributed by atoms with van der Waals surface area (Å²) in [6.45, 7) is 1.38. The molecule has 0 spiro atoms. The number of alkyl halides is 1. The minimum Gasteiger partial charge on any atom is -0.498 e. The highest BCUT2D eigenvalue weighted by Gasteiger charge is 2.38. The van der Waals surface area contributed by atoms with Gasteiger partial charge in [0.25, 0.3) is 5.91 Å². The molecule has 9 heteroatoms. The summed E-state index contributed by atoms with van der Waals surface area (Å²) in [7, 11) is 4.77. The molecule has 3 unspecified atom stereocenters. The van der Waals surface area contributed by atoms with E-state index in [1.807, 2.05) is 12.1 Å². The number of hydrogen-bond acceptors (Lipinski definition) is 6. The average Bonchev–Trinajstić information content (AvgIpc) is 3.19. The molecule has 0 fully saturated rings. The lowest BCUT2D eigenvalue weighted by Crippen LogP contribution is -2.36. The summed E-state index contributed by atoms with van der Waals surface area (Å²) in [6, 6.07) is 11.8. The van der Waals surface area contributed by atoms with Crippen LogP contribution in [0.15, 0.2) is 69.7 Å². The standard InChI is InChI=1S/C30H31ClN2O6/c1-17(34)32-16-21-9-8-19-13-26(37-2)28(38-3)29(39-4)27(19)22-10-11-24(25(35)14-23(21)22)33-30(36)20-7-5-6-18(12-20)15-31/h5-7,10-14,16,21,28-29H,8-9,15H2,1-4H3,(H,33,35,36). The third-order valence-corrected chi connectivity index (χ3v) is 7.28. The van der Waals surface area contributed by atoms with E-state index in [9.17, 15) is 14.4 Å². The van der Waals surface area contributed by atoms with E-state index in [0.717, 1.165) is 22.3 Å². The predicted octanol–water partition coefficient (Wildman–Crippen LogP) is 4.86. The molecular weight excluding hydrogens is 520 g/mol. The molecule has 2 aliphatic carbocycles. The lowest BCUT2D eigenvalue weighted by molar-refractivity contribution is -0.115. The highest BCUT2D eigenvalue weighted by molar-refractivity contribution is 6.17. The van der Waals surface area contributed by atoms with Crippen molar-refractivity contribution in [3.8, 4) is 0 Å². The van der Waals surface area contributed by atoms with Crippen LogP contribution in [0.3, 0.4) is 0 Å². The molecule has 204 valence electrons. The van der Waals surface area contributed by atoms with E-state index in [4.69, 9.17) is 25.8 Å². The number of carbonyl (C=O) groups is 2. The maximum Gasteiger partial charge on any atom is 0.255 e. The normalized spacial score (nSPS) is 20.5. The van der Waals surface area contributed by atoms with E-state index in [1.54, 1.807) is 57.9 Å². The van der Waals surface area contributed by atoms with Crippen LogP contribution in [-0.2, 0) is 24.9 Å². The molecule has 2 aliphatic rings. The van der Waals surface area contributed by atoms with Crippen molar-refractivity contribution in [1.29, 1.82) is 0 Å². The number of nitrogens with one attached hydrogen (secondary N) is 1. The molecule has 0 saturated heterocycles. The fraction of sp³-hybridized carbons (Fsp3) is 0.333. The summed E-state index contributed by atoms with van der Waals surface area (Å²) in [6.07, 6.45) is 3.76. The Morgan fingerprint density at radius 1 is 1.10 bits per heavy atom. The van der Waals surface area contributed by atoms with Crippen LogP contribution in [0.2, 0.25) is 0 Å². The number of nitrogens with zero attached hydrogens (tertiary/aromatic N) is 1. The highest BCUT2D eigenvalue weighted by atomic mass is 35.5. The monoisotopic (exact) mass is 550 g/mol. The van der Waals surface area contributed by atoms with E-state index in [0.29, 0.717) is 29.7 Å². The van der Waals surface area contributed by atoms with Crippen molar-refractivity contribution in [3.63, 3.8) is 0 Å². The first-order valence-electron chi connectivity index (χ1n) is 12.5. The van der Waals surface area contributed by atoms with E-state index in [-0.39, 0.29) is 28.8 Å². The molecule has 39 heavy (non-hydrogen) atoms. The molecule has 8 nitrogen and oxygen atoms in total. The zero-order chi connectivity index (χ0) is 28.1. The number of aliphatic imine (C=N–C) groups is 1. The van der Waals surface area contributed by atoms with Crippen LogP contribution in [-0.4, -0.2) is 51.6 Å². The number of methoxy groups -OCH3 is 3. The number of ether oxygens (including phenoxy) is 3. The van der Waals surface area contributed by atoms with Crippen LogP contribution in [0.5, 0.6) is 0 Å². The number of anilines is 1. The molecule has 0 heterocycles. The third kappa shape index (κ3) is 6.03. The van der Waals surface area contributed by atoms with Crippen LogP contribution < -0.4 is 10.7 Å². The second kappa shape index (κ2) is 12.5. The Morgan fingerprint density at radius 2 is 1.87 bits per heavy atom. The van der Waals surface area contributed by atoms with Gasteiger partial charge < -0.3 is 19.5 Å². The van der Waals surface area contributed by atoms with Crippen molar-refractivity contribution in [2.75, 3.05) is 26.6 Å². The third-order valence-electron chi connectivity index (χ3n) is 6.97. The summed E-state index contributed by atoms with van der Waals surface area (Å²) < 4.78 is 17.3. The second-order valence-corrected chi connectivity index (χ2v) is 9.62. The summed E-state index contributed by atoms with van der Waals surface area (Å²) >= 11 is 5.92. The Hall–Kier alpha value is -3.59. The van der Waals surface area contributed by atoms with Gasteiger partial charge in [0.05, 0.1) is 12.8 Å². The molecule has 2 aromatic carbocycles. The first kappa shape index (κ1) is 28.4. The van der Waals surface area contributed by atoms with Crippen molar-refractivity contribution in [2.24, 2.45) is 4.99 Å². The van der Waals surface area contributed by atoms with Crippen LogP contribution in [0.1, 0.15) is 52.7 Å². The Morgan fingerprint density at radius 3 is 2.54 bits per heavy atom. The molecule has 0 aromatic heterocycles. The Kier molecular flexibility index (Phi) is 9.12. The van der Waals surface area contributed by atoms with E-state index in [2.05, 4.69) is 10.3 Å². The number of carbonyl (C=O) groups excluding carboxylic acids is 2. The first-order valence-corrected chi connectivity index (χ1v) is 13.1. The van der Waals surface area contributed by atoms with Crippen molar-refractivity contribution < 1.29 is 23.8 Å². The van der Waals surface area contributed by atoms with Gasteiger partial charge in [-0.1, -0.05) is 18.2 Å². The average molecular weight is 551 g/mol. The predicted molar refractivity (Wildman–Crippen MR) is 151 cm³/mol. The summed E-state index contributed by atoms with van der Waals surface area (Å²) in [5.41, 5.74) is 4.22. The van der Waals surface area contributed by atoms with Gasteiger partial charge in [-0.15, -0.1) is 11.6 Å². The summed E-state index contributed by atoms with van der Waals surface area (Å²) in [5, 5.41) is 2.75. The molecule has 2 amide bonds. The summed E-state index contributed by atoms with van der Waals surface area (Å²) in [5.74, 6) is -0.170. The fourth-order valence-electron chi connectivity index (χ4n) is 5.11. The molecule has 0 bridgehead atoms. The minimum atomic E-state index is -0.513.